The molecule has 2 heterocycles. The lowest BCUT2D eigenvalue weighted by molar-refractivity contribution is 0.0723. The van der Waals surface area contributed by atoms with Crippen LogP contribution in [-0.4, -0.2) is 34.2 Å². The third kappa shape index (κ3) is 4.35. The molecule has 174 valence electrons. The minimum Gasteiger partial charge on any atom is -0.411 e. The van der Waals surface area contributed by atoms with Crippen molar-refractivity contribution in [3.8, 4) is 6.07 Å². The third-order valence-electron chi connectivity index (χ3n) is 5.91. The summed E-state index contributed by atoms with van der Waals surface area (Å²) in [6.07, 6.45) is 0.340. The highest BCUT2D eigenvalue weighted by Crippen LogP contribution is 2.22. The number of hydrogen-bond donors (Lipinski definition) is 1. The quantitative estimate of drug-likeness (QED) is 0.627. The highest BCUT2D eigenvalue weighted by molar-refractivity contribution is 5.94. The molecule has 0 saturated carbocycles. The monoisotopic (exact) mass is 461 g/mol. The molecular weight excluding hydrogens is 437 g/mol. The van der Waals surface area contributed by atoms with Crippen LogP contribution in [0.5, 0.6) is 0 Å². The first-order valence-corrected chi connectivity index (χ1v) is 10.8. The summed E-state index contributed by atoms with van der Waals surface area (Å²) < 4.78 is 15.4. The Balaban J connectivity index is 1.60. The van der Waals surface area contributed by atoms with Crippen LogP contribution >= 0.6 is 0 Å². The van der Waals surface area contributed by atoms with Crippen LogP contribution in [0.3, 0.4) is 0 Å². The topological polar surface area (TPSA) is 100 Å². The second-order valence-electron chi connectivity index (χ2n) is 8.20. The molecule has 4 rings (SSSR count). The van der Waals surface area contributed by atoms with Gasteiger partial charge in [-0.15, -0.1) is 4.73 Å². The number of carbonyl (C=O) groups is 1. The van der Waals surface area contributed by atoms with Crippen LogP contribution in [0.2, 0.25) is 0 Å². The second kappa shape index (κ2) is 9.35. The van der Waals surface area contributed by atoms with E-state index in [1.807, 2.05) is 44.2 Å². The minimum absolute atomic E-state index is 0.0173. The maximum atomic E-state index is 14.4. The van der Waals surface area contributed by atoms with Crippen LogP contribution < -0.4 is 15.7 Å². The zero-order chi connectivity index (χ0) is 24.4. The lowest BCUT2D eigenvalue weighted by atomic mass is 10.0. The zero-order valence-electron chi connectivity index (χ0n) is 19.1. The van der Waals surface area contributed by atoms with E-state index >= 15 is 0 Å². The number of fused-ring (bicyclic) bond motifs is 1. The Kier molecular flexibility index (Phi) is 6.32. The second-order valence-corrected chi connectivity index (χ2v) is 8.20. The third-order valence-corrected chi connectivity index (χ3v) is 5.91. The molecule has 1 atom stereocenters. The van der Waals surface area contributed by atoms with Gasteiger partial charge in [-0.05, 0) is 37.6 Å². The van der Waals surface area contributed by atoms with Crippen molar-refractivity contribution in [1.29, 1.82) is 5.26 Å². The summed E-state index contributed by atoms with van der Waals surface area (Å²) in [6.45, 7) is 4.24. The summed E-state index contributed by atoms with van der Waals surface area (Å²) >= 11 is 0. The van der Waals surface area contributed by atoms with Gasteiger partial charge < -0.3 is 15.1 Å². The minimum atomic E-state index is -0.771. The van der Waals surface area contributed by atoms with Gasteiger partial charge in [0.25, 0.3) is 11.5 Å². The predicted octanol–water partition coefficient (Wildman–Crippen LogP) is 2.99. The number of anilines is 1. The lowest BCUT2D eigenvalue weighted by Crippen LogP contribution is -2.42. The van der Waals surface area contributed by atoms with E-state index in [0.29, 0.717) is 17.7 Å². The summed E-state index contributed by atoms with van der Waals surface area (Å²) in [5, 5.41) is 12.1. The van der Waals surface area contributed by atoms with Crippen molar-refractivity contribution < 1.29 is 14.0 Å². The maximum Gasteiger partial charge on any atom is 0.293 e. The number of aryl methyl sites for hydroxylation is 1. The molecule has 0 fully saturated rings. The number of aromatic nitrogens is 2. The first-order valence-electron chi connectivity index (χ1n) is 10.8. The van der Waals surface area contributed by atoms with Crippen LogP contribution in [0.1, 0.15) is 51.3 Å². The van der Waals surface area contributed by atoms with Crippen molar-refractivity contribution in [1.82, 2.24) is 14.6 Å². The Morgan fingerprint density at radius 1 is 1.26 bits per heavy atom. The molecule has 1 amide bonds. The molecule has 0 spiro atoms. The molecule has 1 N–H and O–H groups in total. The molecular formula is C25H24FN5O3. The Hall–Kier alpha value is -4.19. The summed E-state index contributed by atoms with van der Waals surface area (Å²) in [6, 6.07) is 13.5. The predicted molar refractivity (Wildman–Crippen MR) is 124 cm³/mol. The van der Waals surface area contributed by atoms with E-state index in [4.69, 9.17) is 10.1 Å². The van der Waals surface area contributed by atoms with Crippen molar-refractivity contribution in [3.05, 3.63) is 92.1 Å². The van der Waals surface area contributed by atoms with E-state index in [9.17, 15) is 14.0 Å². The number of halogens is 1. The number of nitriles is 1. The van der Waals surface area contributed by atoms with Crippen molar-refractivity contribution in [3.63, 3.8) is 0 Å². The lowest BCUT2D eigenvalue weighted by Gasteiger charge is -2.29. The molecule has 9 heteroatoms. The van der Waals surface area contributed by atoms with Crippen LogP contribution in [0.25, 0.3) is 0 Å². The average molecular weight is 461 g/mol. The van der Waals surface area contributed by atoms with Crippen LogP contribution in [-0.2, 0) is 13.0 Å². The fourth-order valence-electron chi connectivity index (χ4n) is 3.95. The molecule has 1 aliphatic heterocycles. The van der Waals surface area contributed by atoms with E-state index in [2.05, 4.69) is 10.3 Å². The van der Waals surface area contributed by atoms with E-state index < -0.39 is 17.3 Å². The van der Waals surface area contributed by atoms with Gasteiger partial charge in [0.05, 0.1) is 41.0 Å². The number of amides is 1. The van der Waals surface area contributed by atoms with Crippen molar-refractivity contribution in [2.75, 3.05) is 19.0 Å². The molecule has 34 heavy (non-hydrogen) atoms. The Bertz CT molecular complexity index is 1340. The van der Waals surface area contributed by atoms with Gasteiger partial charge in [0.2, 0.25) is 5.95 Å². The van der Waals surface area contributed by atoms with Crippen LogP contribution in [0, 0.1) is 24.1 Å². The molecule has 1 aromatic heterocycles. The van der Waals surface area contributed by atoms with Gasteiger partial charge in [-0.2, -0.15) is 5.26 Å². The summed E-state index contributed by atoms with van der Waals surface area (Å²) in [5.74, 6) is -1.05. The van der Waals surface area contributed by atoms with Gasteiger partial charge in [0.1, 0.15) is 12.9 Å². The number of hydrogen-bond acceptors (Lipinski definition) is 6. The van der Waals surface area contributed by atoms with Gasteiger partial charge in [0, 0.05) is 13.0 Å². The molecule has 0 aliphatic carbocycles. The van der Waals surface area contributed by atoms with Crippen LogP contribution in [0.15, 0.2) is 47.3 Å². The fourth-order valence-corrected chi connectivity index (χ4v) is 3.95. The van der Waals surface area contributed by atoms with Gasteiger partial charge >= 0.3 is 0 Å². The van der Waals surface area contributed by atoms with E-state index in [1.54, 1.807) is 0 Å². The number of nitrogens with zero attached hydrogens (tertiary/aromatic N) is 4. The molecule has 2 aromatic carbocycles. The first kappa shape index (κ1) is 23.0. The Labute approximate surface area is 196 Å². The number of nitrogens with one attached hydrogen (secondary N) is 1. The molecule has 0 saturated heterocycles. The van der Waals surface area contributed by atoms with Gasteiger partial charge in [-0.1, -0.05) is 29.8 Å². The highest BCUT2D eigenvalue weighted by atomic mass is 19.1. The van der Waals surface area contributed by atoms with Crippen molar-refractivity contribution >= 4 is 11.9 Å². The Morgan fingerprint density at radius 2 is 2.00 bits per heavy atom. The average Bonchev–Trinajstić information content (AvgIpc) is 2.84. The smallest absolute Gasteiger partial charge is 0.293 e. The molecule has 1 aliphatic rings. The molecule has 8 nitrogen and oxygen atoms in total. The molecule has 3 aromatic rings. The first-order chi connectivity index (χ1) is 16.3. The van der Waals surface area contributed by atoms with Gasteiger partial charge in [-0.25, -0.2) is 9.37 Å². The summed E-state index contributed by atoms with van der Waals surface area (Å²) in [5.41, 5.74) is 2.63. The number of carbonyl (C=O) groups excluding carboxylic acids is 1. The Morgan fingerprint density at radius 3 is 2.65 bits per heavy atom. The van der Waals surface area contributed by atoms with Crippen molar-refractivity contribution in [2.45, 2.75) is 32.9 Å². The molecule has 0 bridgehead atoms. The SMILES string of the molecule is COn1c(N[C@@H](C)c2ccc(C)cc2)nc2c(c1=O)CN(C(=O)c1ccc(C#N)cc1F)CC2. The van der Waals surface area contributed by atoms with Gasteiger partial charge in [0.15, 0.2) is 0 Å². The van der Waals surface area contributed by atoms with Gasteiger partial charge in [-0.3, -0.25) is 9.59 Å². The zero-order valence-corrected chi connectivity index (χ0v) is 19.1. The molecule has 0 unspecified atom stereocenters. The highest BCUT2D eigenvalue weighted by Gasteiger charge is 2.29. The molecule has 0 radical (unpaired) electrons. The summed E-state index contributed by atoms with van der Waals surface area (Å²) in [4.78, 5) is 37.4. The maximum absolute atomic E-state index is 14.4. The van der Waals surface area contributed by atoms with Crippen molar-refractivity contribution in [2.24, 2.45) is 0 Å². The standard InChI is InChI=1S/C25H24FN5O3/c1-15-4-7-18(8-5-15)16(2)28-25-29-22-10-11-30(14-20(22)24(33)31(25)34-3)23(32)19-9-6-17(13-27)12-21(19)26/h4-9,12,16H,10-11,14H2,1-3H3,(H,28,29)/t16-/m0/s1. The van der Waals surface area contributed by atoms with E-state index in [0.717, 1.165) is 21.9 Å². The van der Waals surface area contributed by atoms with Crippen LogP contribution in [0.4, 0.5) is 10.3 Å². The largest absolute Gasteiger partial charge is 0.411 e. The van der Waals surface area contributed by atoms with E-state index in [-0.39, 0.29) is 36.2 Å². The summed E-state index contributed by atoms with van der Waals surface area (Å²) in [7, 11) is 1.37. The number of benzene rings is 2. The normalized spacial score (nSPS) is 13.6. The number of rotatable bonds is 5. The van der Waals surface area contributed by atoms with E-state index in [1.165, 1.54) is 24.1 Å². The fraction of sp³-hybridized carbons (Fsp3) is 0.280.